The van der Waals surface area contributed by atoms with Crippen LogP contribution in [0, 0.1) is 0 Å². The zero-order valence-electron chi connectivity index (χ0n) is 13.5. The summed E-state index contributed by atoms with van der Waals surface area (Å²) in [5, 5.41) is 2.59. The molecule has 1 aromatic rings. The van der Waals surface area contributed by atoms with E-state index in [1.165, 1.54) is 12.1 Å². The van der Waals surface area contributed by atoms with Gasteiger partial charge in [-0.2, -0.15) is 0 Å². The average Bonchev–Trinajstić information content (AvgIpc) is 2.48. The summed E-state index contributed by atoms with van der Waals surface area (Å²) in [6, 6.07) is 6.21. The second-order valence-electron chi connectivity index (χ2n) is 4.45. The van der Waals surface area contributed by atoms with E-state index >= 15 is 0 Å². The molecule has 0 atom stereocenters. The fraction of sp³-hybridized carbons (Fsp3) is 0.467. The molecule has 0 saturated heterocycles. The molecule has 0 bridgehead atoms. The van der Waals surface area contributed by atoms with Gasteiger partial charge in [0.25, 0.3) is 0 Å². The highest BCUT2D eigenvalue weighted by Crippen LogP contribution is 2.47. The molecule has 23 heavy (non-hydrogen) atoms. The first-order valence-electron chi connectivity index (χ1n) is 7.39. The monoisotopic (exact) mass is 343 g/mol. The van der Waals surface area contributed by atoms with Crippen LogP contribution in [0.4, 0.5) is 5.69 Å². The number of hydrogen-bond donors (Lipinski definition) is 1. The van der Waals surface area contributed by atoms with Gasteiger partial charge in [-0.3, -0.25) is 9.36 Å². The first-order valence-corrected chi connectivity index (χ1v) is 9.12. The van der Waals surface area contributed by atoms with Crippen molar-refractivity contribution >= 4 is 25.2 Å². The number of carbonyl (C=O) groups is 2. The predicted molar refractivity (Wildman–Crippen MR) is 86.8 cm³/mol. The number of amides is 1. The van der Waals surface area contributed by atoms with Crippen molar-refractivity contribution in [1.82, 2.24) is 0 Å². The molecule has 128 valence electrons. The van der Waals surface area contributed by atoms with Crippen LogP contribution in [0.5, 0.6) is 0 Å². The van der Waals surface area contributed by atoms with Gasteiger partial charge >= 0.3 is 13.6 Å². The molecule has 0 aliphatic heterocycles. The minimum Gasteiger partial charge on any atom is -0.462 e. The molecule has 0 spiro atoms. The maximum absolute atomic E-state index is 12.3. The molecule has 0 radical (unpaired) electrons. The van der Waals surface area contributed by atoms with Gasteiger partial charge in [-0.25, -0.2) is 4.79 Å². The third-order valence-electron chi connectivity index (χ3n) is 2.67. The Labute approximate surface area is 135 Å². The molecule has 0 aromatic heterocycles. The molecule has 1 rings (SSSR count). The molecular weight excluding hydrogens is 321 g/mol. The lowest BCUT2D eigenvalue weighted by Gasteiger charge is -2.16. The Balaban J connectivity index is 2.66. The van der Waals surface area contributed by atoms with Crippen LogP contribution in [-0.2, 0) is 23.1 Å². The summed E-state index contributed by atoms with van der Waals surface area (Å²) < 4.78 is 27.3. The van der Waals surface area contributed by atoms with Gasteiger partial charge in [0, 0.05) is 5.69 Å². The quantitative estimate of drug-likeness (QED) is 0.547. The van der Waals surface area contributed by atoms with E-state index in [1.54, 1.807) is 32.9 Å². The highest BCUT2D eigenvalue weighted by atomic mass is 31.2. The van der Waals surface area contributed by atoms with Crippen LogP contribution >= 0.6 is 7.60 Å². The average molecular weight is 343 g/mol. The molecular formula is C15H22NO6P. The van der Waals surface area contributed by atoms with E-state index in [0.29, 0.717) is 17.9 Å². The van der Waals surface area contributed by atoms with E-state index < -0.39 is 19.5 Å². The largest absolute Gasteiger partial charge is 0.462 e. The Bertz CT molecular complexity index is 562. The summed E-state index contributed by atoms with van der Waals surface area (Å²) in [6.07, 6.45) is -0.367. The normalized spacial score (nSPS) is 11.1. The van der Waals surface area contributed by atoms with Gasteiger partial charge in [0.15, 0.2) is 0 Å². The van der Waals surface area contributed by atoms with Crippen LogP contribution in [0.2, 0.25) is 0 Å². The number of hydrogen-bond acceptors (Lipinski definition) is 6. The molecule has 7 nitrogen and oxygen atoms in total. The van der Waals surface area contributed by atoms with Crippen LogP contribution in [0.1, 0.15) is 31.1 Å². The minimum absolute atomic E-state index is 0.193. The lowest BCUT2D eigenvalue weighted by atomic mass is 10.2. The summed E-state index contributed by atoms with van der Waals surface area (Å²) in [7, 11) is -3.43. The third-order valence-corrected chi connectivity index (χ3v) is 4.65. The van der Waals surface area contributed by atoms with Crippen molar-refractivity contribution < 1.29 is 27.9 Å². The minimum atomic E-state index is -3.43. The second-order valence-corrected chi connectivity index (χ2v) is 6.51. The number of esters is 1. The van der Waals surface area contributed by atoms with Gasteiger partial charge in [-0.1, -0.05) is 0 Å². The second kappa shape index (κ2) is 9.45. The zero-order valence-corrected chi connectivity index (χ0v) is 14.4. The van der Waals surface area contributed by atoms with E-state index in [9.17, 15) is 14.2 Å². The molecule has 1 N–H and O–H groups in total. The Morgan fingerprint density at radius 1 is 1.00 bits per heavy atom. The fourth-order valence-corrected chi connectivity index (χ4v) is 3.28. The van der Waals surface area contributed by atoms with Gasteiger partial charge in [-0.15, -0.1) is 0 Å². The number of carbonyl (C=O) groups excluding carboxylic acids is 2. The van der Waals surface area contributed by atoms with Crippen LogP contribution in [0.3, 0.4) is 0 Å². The SMILES string of the molecule is CCOC(=O)c1ccc(NC(=O)CP(=O)(OCC)OCC)cc1. The van der Waals surface area contributed by atoms with Gasteiger partial charge in [0.1, 0.15) is 6.16 Å². The van der Waals surface area contributed by atoms with Gasteiger partial charge in [0.2, 0.25) is 5.91 Å². The fourth-order valence-electron chi connectivity index (χ4n) is 1.80. The summed E-state index contributed by atoms with van der Waals surface area (Å²) in [5.41, 5.74) is 0.863. The van der Waals surface area contributed by atoms with Crippen LogP contribution < -0.4 is 5.32 Å². The van der Waals surface area contributed by atoms with Crippen molar-refractivity contribution in [2.75, 3.05) is 31.3 Å². The third kappa shape index (κ3) is 6.52. The highest BCUT2D eigenvalue weighted by Gasteiger charge is 2.27. The summed E-state index contributed by atoms with van der Waals surface area (Å²) in [6.45, 7) is 5.76. The van der Waals surface area contributed by atoms with Crippen LogP contribution in [-0.4, -0.2) is 37.9 Å². The van der Waals surface area contributed by atoms with Crippen molar-refractivity contribution in [1.29, 1.82) is 0 Å². The Morgan fingerprint density at radius 2 is 1.57 bits per heavy atom. The Hall–Kier alpha value is -1.69. The number of ether oxygens (including phenoxy) is 1. The smallest absolute Gasteiger partial charge is 0.340 e. The first-order chi connectivity index (χ1) is 10.9. The number of anilines is 1. The van der Waals surface area contributed by atoms with E-state index in [2.05, 4.69) is 5.32 Å². The van der Waals surface area contributed by atoms with Crippen molar-refractivity contribution in [3.8, 4) is 0 Å². The van der Waals surface area contributed by atoms with Gasteiger partial charge < -0.3 is 19.1 Å². The molecule has 0 fully saturated rings. The van der Waals surface area contributed by atoms with Crippen molar-refractivity contribution in [2.24, 2.45) is 0 Å². The summed E-state index contributed by atoms with van der Waals surface area (Å²) in [4.78, 5) is 23.5. The molecule has 1 amide bonds. The molecule has 8 heteroatoms. The molecule has 1 aromatic carbocycles. The summed E-state index contributed by atoms with van der Waals surface area (Å²) in [5.74, 6) is -0.915. The number of benzene rings is 1. The molecule has 0 aliphatic carbocycles. The molecule has 0 heterocycles. The van der Waals surface area contributed by atoms with Gasteiger partial charge in [-0.05, 0) is 45.0 Å². The lowest BCUT2D eigenvalue weighted by molar-refractivity contribution is -0.114. The van der Waals surface area contributed by atoms with Crippen molar-refractivity contribution in [2.45, 2.75) is 20.8 Å². The van der Waals surface area contributed by atoms with Crippen molar-refractivity contribution in [3.05, 3.63) is 29.8 Å². The van der Waals surface area contributed by atoms with Crippen LogP contribution in [0.25, 0.3) is 0 Å². The Morgan fingerprint density at radius 3 is 2.04 bits per heavy atom. The van der Waals surface area contributed by atoms with Gasteiger partial charge in [0.05, 0.1) is 25.4 Å². The number of nitrogens with one attached hydrogen (secondary N) is 1. The molecule has 0 saturated carbocycles. The number of rotatable bonds is 9. The maximum atomic E-state index is 12.3. The summed E-state index contributed by atoms with van der Waals surface area (Å²) >= 11 is 0. The maximum Gasteiger partial charge on any atom is 0.340 e. The molecule has 0 aliphatic rings. The molecule has 0 unspecified atom stereocenters. The van der Waals surface area contributed by atoms with E-state index in [-0.39, 0.29) is 19.4 Å². The standard InChI is InChI=1S/C15H22NO6P/c1-4-20-15(18)12-7-9-13(10-8-12)16-14(17)11-23(19,21-5-2)22-6-3/h7-10H,4-6,11H2,1-3H3,(H,16,17). The lowest BCUT2D eigenvalue weighted by Crippen LogP contribution is -2.18. The Kier molecular flexibility index (Phi) is 7.95. The van der Waals surface area contributed by atoms with Crippen molar-refractivity contribution in [3.63, 3.8) is 0 Å². The van der Waals surface area contributed by atoms with E-state index in [4.69, 9.17) is 13.8 Å². The zero-order chi connectivity index (χ0) is 17.3. The van der Waals surface area contributed by atoms with E-state index in [0.717, 1.165) is 0 Å². The first kappa shape index (κ1) is 19.4. The predicted octanol–water partition coefficient (Wildman–Crippen LogP) is 3.07. The highest BCUT2D eigenvalue weighted by molar-refractivity contribution is 7.54. The topological polar surface area (TPSA) is 90.9 Å². The van der Waals surface area contributed by atoms with E-state index in [1.807, 2.05) is 0 Å². The van der Waals surface area contributed by atoms with Crippen LogP contribution in [0.15, 0.2) is 24.3 Å².